The first-order valence-corrected chi connectivity index (χ1v) is 6.92. The molecule has 6 heteroatoms. The van der Waals surface area contributed by atoms with Gasteiger partial charge in [0.25, 0.3) is 5.91 Å². The molecule has 1 aliphatic rings. The van der Waals surface area contributed by atoms with Crippen molar-refractivity contribution < 1.29 is 14.3 Å². The Morgan fingerprint density at radius 2 is 1.68 bits per heavy atom. The van der Waals surface area contributed by atoms with Crippen LogP contribution in [-0.2, 0) is 0 Å². The maximum Gasteiger partial charge on any atom is 0.269 e. The summed E-state index contributed by atoms with van der Waals surface area (Å²) < 4.78 is 10.6. The fraction of sp³-hybridized carbons (Fsp3) is 0.0625. The van der Waals surface area contributed by atoms with Crippen LogP contribution in [0.2, 0.25) is 5.02 Å². The molecular formula is C16H13ClN2O3. The highest BCUT2D eigenvalue weighted by Crippen LogP contribution is 2.33. The molecule has 0 aliphatic carbocycles. The predicted octanol–water partition coefficient (Wildman–Crippen LogP) is 2.97. The average molecular weight is 317 g/mol. The van der Waals surface area contributed by atoms with Gasteiger partial charge in [-0.1, -0.05) is 18.2 Å². The Morgan fingerprint density at radius 1 is 1.00 bits per heavy atom. The number of fused-ring (bicyclic) bond motifs is 1. The minimum atomic E-state index is -0.279. The van der Waals surface area contributed by atoms with Crippen molar-refractivity contribution in [1.82, 2.24) is 10.9 Å². The van der Waals surface area contributed by atoms with E-state index in [2.05, 4.69) is 17.4 Å². The highest BCUT2D eigenvalue weighted by atomic mass is 35.5. The quantitative estimate of drug-likeness (QED) is 0.851. The van der Waals surface area contributed by atoms with Gasteiger partial charge in [-0.25, -0.2) is 0 Å². The Balaban J connectivity index is 1.62. The van der Waals surface area contributed by atoms with Crippen LogP contribution >= 0.6 is 11.6 Å². The number of benzene rings is 2. The molecule has 0 radical (unpaired) electrons. The molecule has 2 aromatic carbocycles. The van der Waals surface area contributed by atoms with Crippen LogP contribution in [0, 0.1) is 0 Å². The normalized spacial score (nSPS) is 11.9. The summed E-state index contributed by atoms with van der Waals surface area (Å²) >= 11 is 5.79. The van der Waals surface area contributed by atoms with E-state index in [1.54, 1.807) is 36.4 Å². The zero-order valence-electron chi connectivity index (χ0n) is 11.6. The van der Waals surface area contributed by atoms with Gasteiger partial charge >= 0.3 is 0 Å². The van der Waals surface area contributed by atoms with Crippen LogP contribution in [0.15, 0.2) is 49.0 Å². The van der Waals surface area contributed by atoms with Crippen molar-refractivity contribution in [2.24, 2.45) is 0 Å². The monoisotopic (exact) mass is 316 g/mol. The maximum absolute atomic E-state index is 12.0. The van der Waals surface area contributed by atoms with Crippen LogP contribution in [0.4, 0.5) is 0 Å². The van der Waals surface area contributed by atoms with Gasteiger partial charge in [0.15, 0.2) is 11.5 Å². The fourth-order valence-electron chi connectivity index (χ4n) is 1.96. The Labute approximate surface area is 132 Å². The summed E-state index contributed by atoms with van der Waals surface area (Å²) in [7, 11) is 0. The first kappa shape index (κ1) is 14.3. The van der Waals surface area contributed by atoms with Crippen LogP contribution < -0.4 is 20.3 Å². The zero-order valence-corrected chi connectivity index (χ0v) is 12.3. The van der Waals surface area contributed by atoms with Crippen LogP contribution in [0.25, 0.3) is 5.70 Å². The number of hydrogen-bond donors (Lipinski definition) is 2. The SMILES string of the molecule is C=C(NNC(=O)c1ccc(Cl)cc1)c1ccc2c(c1)OCO2. The summed E-state index contributed by atoms with van der Waals surface area (Å²) in [5.41, 5.74) is 7.19. The van der Waals surface area contributed by atoms with Gasteiger partial charge in [0.1, 0.15) is 0 Å². The van der Waals surface area contributed by atoms with E-state index in [1.165, 1.54) is 0 Å². The van der Waals surface area contributed by atoms with Gasteiger partial charge in [-0.15, -0.1) is 0 Å². The van der Waals surface area contributed by atoms with Crippen LogP contribution in [0.5, 0.6) is 11.5 Å². The molecule has 5 nitrogen and oxygen atoms in total. The number of rotatable bonds is 4. The van der Waals surface area contributed by atoms with Crippen molar-refractivity contribution in [3.05, 3.63) is 65.2 Å². The van der Waals surface area contributed by atoms with Gasteiger partial charge in [0.2, 0.25) is 6.79 Å². The molecule has 1 heterocycles. The second kappa shape index (κ2) is 5.99. The molecule has 1 amide bonds. The third-order valence-electron chi connectivity index (χ3n) is 3.15. The second-order valence-corrected chi connectivity index (χ2v) is 5.07. The lowest BCUT2D eigenvalue weighted by atomic mass is 10.1. The van der Waals surface area contributed by atoms with E-state index < -0.39 is 0 Å². The van der Waals surface area contributed by atoms with E-state index in [9.17, 15) is 4.79 Å². The van der Waals surface area contributed by atoms with E-state index in [-0.39, 0.29) is 12.7 Å². The largest absolute Gasteiger partial charge is 0.454 e. The Bertz CT molecular complexity index is 729. The molecule has 0 aromatic heterocycles. The van der Waals surface area contributed by atoms with Gasteiger partial charge < -0.3 is 9.47 Å². The lowest BCUT2D eigenvalue weighted by Crippen LogP contribution is -2.35. The van der Waals surface area contributed by atoms with Crippen LogP contribution in [0.3, 0.4) is 0 Å². The van der Waals surface area contributed by atoms with E-state index in [0.29, 0.717) is 27.8 Å². The Morgan fingerprint density at radius 3 is 2.45 bits per heavy atom. The summed E-state index contributed by atoms with van der Waals surface area (Å²) in [6, 6.07) is 12.0. The lowest BCUT2D eigenvalue weighted by Gasteiger charge is -2.11. The van der Waals surface area contributed by atoms with E-state index in [4.69, 9.17) is 21.1 Å². The summed E-state index contributed by atoms with van der Waals surface area (Å²) in [4.78, 5) is 12.0. The molecular weight excluding hydrogens is 304 g/mol. The highest BCUT2D eigenvalue weighted by molar-refractivity contribution is 6.30. The molecule has 0 fully saturated rings. The van der Waals surface area contributed by atoms with Crippen molar-refractivity contribution in [2.45, 2.75) is 0 Å². The molecule has 0 saturated carbocycles. The predicted molar refractivity (Wildman–Crippen MR) is 83.7 cm³/mol. The number of carbonyl (C=O) groups excluding carboxylic acids is 1. The molecule has 0 saturated heterocycles. The molecule has 0 unspecified atom stereocenters. The van der Waals surface area contributed by atoms with Gasteiger partial charge in [-0.05, 0) is 42.5 Å². The Kier molecular flexibility index (Phi) is 3.89. The smallest absolute Gasteiger partial charge is 0.269 e. The molecule has 22 heavy (non-hydrogen) atoms. The number of halogens is 1. The first-order valence-electron chi connectivity index (χ1n) is 6.54. The van der Waals surface area contributed by atoms with Crippen molar-refractivity contribution in [1.29, 1.82) is 0 Å². The summed E-state index contributed by atoms with van der Waals surface area (Å²) in [6.45, 7) is 4.10. The van der Waals surface area contributed by atoms with Gasteiger partial charge in [0, 0.05) is 16.1 Å². The summed E-state index contributed by atoms with van der Waals surface area (Å²) in [6.07, 6.45) is 0. The number of hydrazine groups is 1. The van der Waals surface area contributed by atoms with Crippen molar-refractivity contribution in [3.63, 3.8) is 0 Å². The topological polar surface area (TPSA) is 59.6 Å². The third-order valence-corrected chi connectivity index (χ3v) is 3.41. The molecule has 2 N–H and O–H groups in total. The minimum absolute atomic E-state index is 0.214. The lowest BCUT2D eigenvalue weighted by molar-refractivity contribution is 0.0942. The maximum atomic E-state index is 12.0. The van der Waals surface area contributed by atoms with Gasteiger partial charge in [0.05, 0.1) is 5.70 Å². The molecule has 0 bridgehead atoms. The van der Waals surface area contributed by atoms with Crippen molar-refractivity contribution >= 4 is 23.2 Å². The fourth-order valence-corrected chi connectivity index (χ4v) is 2.09. The standard InChI is InChI=1S/C16H13ClN2O3/c1-10(12-4-7-14-15(8-12)22-9-21-14)18-19-16(20)11-2-5-13(17)6-3-11/h2-8,18H,1,9H2,(H,19,20). The number of amides is 1. The summed E-state index contributed by atoms with van der Waals surface area (Å²) in [5.74, 6) is 1.07. The average Bonchev–Trinajstić information content (AvgIpc) is 3.00. The van der Waals surface area contributed by atoms with Crippen molar-refractivity contribution in [2.75, 3.05) is 6.79 Å². The minimum Gasteiger partial charge on any atom is -0.454 e. The first-order chi connectivity index (χ1) is 10.6. The summed E-state index contributed by atoms with van der Waals surface area (Å²) in [5, 5.41) is 0.578. The number of hydrogen-bond acceptors (Lipinski definition) is 4. The zero-order chi connectivity index (χ0) is 15.5. The second-order valence-electron chi connectivity index (χ2n) is 4.63. The van der Waals surface area contributed by atoms with Crippen molar-refractivity contribution in [3.8, 4) is 11.5 Å². The molecule has 0 atom stereocenters. The number of ether oxygens (including phenoxy) is 2. The van der Waals surface area contributed by atoms with Gasteiger partial charge in [-0.3, -0.25) is 15.6 Å². The van der Waals surface area contributed by atoms with E-state index in [0.717, 1.165) is 5.56 Å². The van der Waals surface area contributed by atoms with E-state index >= 15 is 0 Å². The highest BCUT2D eigenvalue weighted by Gasteiger charge is 2.14. The molecule has 3 rings (SSSR count). The Hall–Kier alpha value is -2.66. The third kappa shape index (κ3) is 2.99. The van der Waals surface area contributed by atoms with Gasteiger partial charge in [-0.2, -0.15) is 0 Å². The van der Waals surface area contributed by atoms with E-state index in [1.807, 2.05) is 6.07 Å². The molecule has 1 aliphatic heterocycles. The molecule has 112 valence electrons. The number of carbonyl (C=O) groups is 1. The number of nitrogens with one attached hydrogen (secondary N) is 2. The van der Waals surface area contributed by atoms with Crippen LogP contribution in [-0.4, -0.2) is 12.7 Å². The van der Waals surface area contributed by atoms with Crippen LogP contribution in [0.1, 0.15) is 15.9 Å². The molecule has 0 spiro atoms. The molecule has 2 aromatic rings.